The molecule has 2 unspecified atom stereocenters. The molecule has 0 spiro atoms. The molecule has 192 valence electrons. The van der Waals surface area contributed by atoms with Crippen LogP contribution in [0.2, 0.25) is 0 Å². The summed E-state index contributed by atoms with van der Waals surface area (Å²) in [5, 5.41) is 28.0. The van der Waals surface area contributed by atoms with Gasteiger partial charge in [0.15, 0.2) is 0 Å². The van der Waals surface area contributed by atoms with Crippen molar-refractivity contribution < 1.29 is 39.0 Å². The average Bonchev–Trinajstić information content (AvgIpc) is 2.75. The predicted octanol–water partition coefficient (Wildman–Crippen LogP) is 0.0524. The Morgan fingerprint density at radius 3 is 1.35 bits per heavy atom. The summed E-state index contributed by atoms with van der Waals surface area (Å²) < 4.78 is 0. The highest BCUT2D eigenvalue weighted by Crippen LogP contribution is 2.10. The van der Waals surface area contributed by atoms with E-state index in [1.54, 1.807) is 0 Å². The van der Waals surface area contributed by atoms with Crippen molar-refractivity contribution in [3.63, 3.8) is 0 Å². The summed E-state index contributed by atoms with van der Waals surface area (Å²) in [6.07, 6.45) is 4.25. The van der Waals surface area contributed by atoms with E-state index in [4.69, 9.17) is 10.2 Å². The van der Waals surface area contributed by atoms with E-state index in [9.17, 15) is 28.8 Å². The number of amides is 4. The summed E-state index contributed by atoms with van der Waals surface area (Å²) >= 11 is 0. The highest BCUT2D eigenvalue weighted by Gasteiger charge is 2.32. The second-order valence-electron chi connectivity index (χ2n) is 8.31. The Kier molecular flexibility index (Phi) is 13.9. The van der Waals surface area contributed by atoms with Gasteiger partial charge in [0.1, 0.15) is 12.1 Å². The zero-order valence-corrected chi connectivity index (χ0v) is 19.4. The van der Waals surface area contributed by atoms with E-state index in [0.29, 0.717) is 64.5 Å². The fraction of sp³-hybridized carbons (Fsp3) is 0.727. The minimum Gasteiger partial charge on any atom is -0.481 e. The number of unbranched alkanes of at least 4 members (excludes halogenated alkanes) is 2. The molecule has 0 radical (unpaired) electrons. The van der Waals surface area contributed by atoms with Crippen LogP contribution in [0.3, 0.4) is 0 Å². The highest BCUT2D eigenvalue weighted by molar-refractivity contribution is 5.96. The molecule has 12 nitrogen and oxygen atoms in total. The Labute approximate surface area is 198 Å². The molecule has 1 saturated heterocycles. The molecule has 0 aromatic rings. The summed E-state index contributed by atoms with van der Waals surface area (Å²) in [5.41, 5.74) is 0. The molecule has 0 bridgehead atoms. The molecule has 0 aliphatic carbocycles. The predicted molar refractivity (Wildman–Crippen MR) is 121 cm³/mol. The van der Waals surface area contributed by atoms with E-state index in [1.807, 2.05) is 0 Å². The van der Waals surface area contributed by atoms with Crippen molar-refractivity contribution in [3.8, 4) is 0 Å². The number of carbonyl (C=O) groups is 6. The van der Waals surface area contributed by atoms with Gasteiger partial charge in [-0.15, -0.1) is 0 Å². The summed E-state index contributed by atoms with van der Waals surface area (Å²) in [5.74, 6) is -2.75. The van der Waals surface area contributed by atoms with Crippen molar-refractivity contribution in [1.82, 2.24) is 21.3 Å². The van der Waals surface area contributed by atoms with Crippen LogP contribution in [0.5, 0.6) is 0 Å². The van der Waals surface area contributed by atoms with E-state index in [2.05, 4.69) is 21.3 Å². The van der Waals surface area contributed by atoms with Crippen molar-refractivity contribution in [3.05, 3.63) is 0 Å². The van der Waals surface area contributed by atoms with Gasteiger partial charge < -0.3 is 31.5 Å². The Morgan fingerprint density at radius 1 is 0.618 bits per heavy atom. The van der Waals surface area contributed by atoms with Gasteiger partial charge >= 0.3 is 11.9 Å². The van der Waals surface area contributed by atoms with E-state index >= 15 is 0 Å². The van der Waals surface area contributed by atoms with Gasteiger partial charge in [-0.25, -0.2) is 0 Å². The fourth-order valence-corrected chi connectivity index (χ4v) is 3.46. The van der Waals surface area contributed by atoms with Crippen molar-refractivity contribution >= 4 is 35.6 Å². The topological polar surface area (TPSA) is 191 Å². The van der Waals surface area contributed by atoms with Gasteiger partial charge in [0.05, 0.1) is 0 Å². The van der Waals surface area contributed by atoms with Crippen molar-refractivity contribution in [2.75, 3.05) is 13.1 Å². The third-order valence-corrected chi connectivity index (χ3v) is 5.34. The Morgan fingerprint density at radius 2 is 1.00 bits per heavy atom. The normalized spacial score (nSPS) is 17.4. The number of carbonyl (C=O) groups excluding carboxylic acids is 4. The van der Waals surface area contributed by atoms with Crippen LogP contribution in [0.25, 0.3) is 0 Å². The van der Waals surface area contributed by atoms with E-state index in [-0.39, 0.29) is 49.3 Å². The standard InChI is InChI=1S/C22H36N4O8/c27-17(9-5-11-19(29)30)23-13-3-1-7-15-21(33)26-16(22(34)25-15)8-2-4-14-24-18(28)10-6-12-20(31)32/h15-16H,1-14H2,(H,23,27)(H,24,28)(H,25,34)(H,26,33)(H,29,30)(H,31,32). The number of piperazine rings is 1. The Balaban J connectivity index is 2.11. The van der Waals surface area contributed by atoms with Crippen molar-refractivity contribution in [1.29, 1.82) is 0 Å². The van der Waals surface area contributed by atoms with Crippen LogP contribution in [0.15, 0.2) is 0 Å². The van der Waals surface area contributed by atoms with Gasteiger partial charge in [0.25, 0.3) is 0 Å². The largest absolute Gasteiger partial charge is 0.481 e. The molecule has 1 aliphatic heterocycles. The summed E-state index contributed by atoms with van der Waals surface area (Å²) in [7, 11) is 0. The average molecular weight is 485 g/mol. The summed E-state index contributed by atoms with van der Waals surface area (Å²) in [6.45, 7) is 0.847. The molecule has 2 atom stereocenters. The number of hydrogen-bond donors (Lipinski definition) is 6. The minimum absolute atomic E-state index is 0.0440. The molecule has 1 fully saturated rings. The van der Waals surface area contributed by atoms with Crippen LogP contribution in [0.4, 0.5) is 0 Å². The zero-order chi connectivity index (χ0) is 25.3. The first-order valence-corrected chi connectivity index (χ1v) is 11.8. The lowest BCUT2D eigenvalue weighted by Crippen LogP contribution is -2.61. The number of carboxylic acid groups (broad SMARTS) is 2. The van der Waals surface area contributed by atoms with Crippen LogP contribution in [0, 0.1) is 0 Å². The maximum Gasteiger partial charge on any atom is 0.303 e. The van der Waals surface area contributed by atoms with Crippen LogP contribution in [0.1, 0.15) is 77.0 Å². The molecule has 1 rings (SSSR count). The highest BCUT2D eigenvalue weighted by atomic mass is 16.4. The molecule has 4 amide bonds. The number of hydrogen-bond acceptors (Lipinski definition) is 6. The molecular weight excluding hydrogens is 448 g/mol. The van der Waals surface area contributed by atoms with Crippen LogP contribution in [-0.4, -0.2) is 71.0 Å². The first kappa shape index (κ1) is 28.9. The molecular formula is C22H36N4O8. The van der Waals surface area contributed by atoms with E-state index < -0.39 is 24.0 Å². The molecule has 0 aromatic carbocycles. The summed E-state index contributed by atoms with van der Waals surface area (Å²) in [6, 6.07) is -1.22. The molecule has 34 heavy (non-hydrogen) atoms. The van der Waals surface area contributed by atoms with E-state index in [0.717, 1.165) is 0 Å². The molecule has 6 N–H and O–H groups in total. The lowest BCUT2D eigenvalue weighted by molar-refractivity contribution is -0.138. The number of rotatable bonds is 18. The lowest BCUT2D eigenvalue weighted by Gasteiger charge is -2.29. The van der Waals surface area contributed by atoms with Crippen molar-refractivity contribution in [2.45, 2.75) is 89.1 Å². The molecule has 0 saturated carbocycles. The van der Waals surface area contributed by atoms with Crippen LogP contribution < -0.4 is 21.3 Å². The molecule has 1 heterocycles. The van der Waals surface area contributed by atoms with E-state index in [1.165, 1.54) is 0 Å². The molecule has 0 aromatic heterocycles. The maximum atomic E-state index is 12.3. The summed E-state index contributed by atoms with van der Waals surface area (Å²) in [4.78, 5) is 68.6. The van der Waals surface area contributed by atoms with Crippen LogP contribution in [-0.2, 0) is 28.8 Å². The third kappa shape index (κ3) is 13.4. The smallest absolute Gasteiger partial charge is 0.303 e. The van der Waals surface area contributed by atoms with Gasteiger partial charge in [-0.1, -0.05) is 0 Å². The quantitative estimate of drug-likeness (QED) is 0.147. The third-order valence-electron chi connectivity index (χ3n) is 5.34. The maximum absolute atomic E-state index is 12.3. The SMILES string of the molecule is O=C(O)CCCC(=O)NCCCCC1NC(=O)C(CCCCNC(=O)CCCC(=O)O)NC1=O. The van der Waals surface area contributed by atoms with Gasteiger partial charge in [-0.05, 0) is 51.4 Å². The monoisotopic (exact) mass is 484 g/mol. The number of carboxylic acids is 2. The second-order valence-corrected chi connectivity index (χ2v) is 8.31. The first-order valence-electron chi connectivity index (χ1n) is 11.8. The number of nitrogens with one attached hydrogen (secondary N) is 4. The van der Waals surface area contributed by atoms with Crippen LogP contribution >= 0.6 is 0 Å². The molecule has 12 heteroatoms. The Hall–Kier alpha value is -3.18. The minimum atomic E-state index is -0.932. The second kappa shape index (κ2) is 16.4. The van der Waals surface area contributed by atoms with Gasteiger partial charge in [-0.2, -0.15) is 0 Å². The first-order chi connectivity index (χ1) is 16.2. The zero-order valence-electron chi connectivity index (χ0n) is 19.4. The number of aliphatic carboxylic acids is 2. The fourth-order valence-electron chi connectivity index (χ4n) is 3.46. The van der Waals surface area contributed by atoms with Gasteiger partial charge in [-0.3, -0.25) is 28.8 Å². The van der Waals surface area contributed by atoms with Gasteiger partial charge in [0, 0.05) is 38.8 Å². The molecule has 1 aliphatic rings. The van der Waals surface area contributed by atoms with Crippen molar-refractivity contribution in [2.24, 2.45) is 0 Å². The van der Waals surface area contributed by atoms with Gasteiger partial charge in [0.2, 0.25) is 23.6 Å². The lowest BCUT2D eigenvalue weighted by atomic mass is 10.0. The Bertz CT molecular complexity index is 668.